The lowest BCUT2D eigenvalue weighted by Crippen LogP contribution is -2.38. The Bertz CT molecular complexity index is 461. The van der Waals surface area contributed by atoms with Crippen LogP contribution in [0, 0.1) is 11.8 Å². The van der Waals surface area contributed by atoms with E-state index < -0.39 is 5.97 Å². The monoisotopic (exact) mass is 295 g/mol. The third-order valence-corrected chi connectivity index (χ3v) is 4.19. The Morgan fingerprint density at radius 2 is 2.38 bits per heavy atom. The van der Waals surface area contributed by atoms with E-state index in [1.54, 1.807) is 0 Å². The first kappa shape index (κ1) is 15.9. The number of carbonyl (C=O) groups is 1. The van der Waals surface area contributed by atoms with Crippen molar-refractivity contribution in [2.24, 2.45) is 11.8 Å². The van der Waals surface area contributed by atoms with Crippen molar-refractivity contribution < 1.29 is 14.4 Å². The molecule has 0 spiro atoms. The van der Waals surface area contributed by atoms with E-state index >= 15 is 0 Å². The van der Waals surface area contributed by atoms with E-state index in [9.17, 15) is 4.79 Å². The molecule has 0 amide bonds. The Morgan fingerprint density at radius 1 is 1.57 bits per heavy atom. The average Bonchev–Trinajstić information content (AvgIpc) is 2.86. The fourth-order valence-corrected chi connectivity index (χ4v) is 3.01. The van der Waals surface area contributed by atoms with E-state index in [0.29, 0.717) is 18.4 Å². The smallest absolute Gasteiger partial charge is 0.303 e. The summed E-state index contributed by atoms with van der Waals surface area (Å²) in [6.07, 6.45) is 4.32. The van der Waals surface area contributed by atoms with Gasteiger partial charge in [-0.15, -0.1) is 0 Å². The van der Waals surface area contributed by atoms with Gasteiger partial charge in [0, 0.05) is 19.4 Å². The largest absolute Gasteiger partial charge is 0.481 e. The van der Waals surface area contributed by atoms with Gasteiger partial charge in [-0.3, -0.25) is 9.69 Å². The van der Waals surface area contributed by atoms with Crippen molar-refractivity contribution in [1.29, 1.82) is 0 Å². The lowest BCUT2D eigenvalue weighted by atomic mass is 9.85. The Labute approximate surface area is 125 Å². The SMILES string of the molecule is CCCc1noc(CN2CCCC(C(C)CC(=O)O)C2)n1. The number of likely N-dealkylation sites (tertiary alicyclic amines) is 1. The van der Waals surface area contributed by atoms with E-state index in [4.69, 9.17) is 9.63 Å². The summed E-state index contributed by atoms with van der Waals surface area (Å²) in [5, 5.41) is 12.9. The molecule has 6 heteroatoms. The Hall–Kier alpha value is -1.43. The molecule has 0 radical (unpaired) electrons. The molecular weight excluding hydrogens is 270 g/mol. The number of aromatic nitrogens is 2. The summed E-state index contributed by atoms with van der Waals surface area (Å²) in [6, 6.07) is 0. The zero-order valence-corrected chi connectivity index (χ0v) is 12.9. The first-order chi connectivity index (χ1) is 10.1. The van der Waals surface area contributed by atoms with E-state index in [0.717, 1.165) is 44.6 Å². The van der Waals surface area contributed by atoms with Crippen molar-refractivity contribution in [2.75, 3.05) is 13.1 Å². The van der Waals surface area contributed by atoms with Crippen LogP contribution in [0.5, 0.6) is 0 Å². The van der Waals surface area contributed by atoms with Crippen LogP contribution in [0.1, 0.15) is 51.2 Å². The summed E-state index contributed by atoms with van der Waals surface area (Å²) in [5.41, 5.74) is 0. The highest BCUT2D eigenvalue weighted by Gasteiger charge is 2.26. The van der Waals surface area contributed by atoms with Crippen LogP contribution in [0.3, 0.4) is 0 Å². The van der Waals surface area contributed by atoms with Gasteiger partial charge in [-0.1, -0.05) is 19.0 Å². The van der Waals surface area contributed by atoms with Crippen LogP contribution in [0.4, 0.5) is 0 Å². The number of aliphatic carboxylic acids is 1. The molecule has 1 aromatic rings. The van der Waals surface area contributed by atoms with Crippen LogP contribution in [0.2, 0.25) is 0 Å². The predicted octanol–water partition coefficient (Wildman–Crippen LogP) is 2.34. The third-order valence-electron chi connectivity index (χ3n) is 4.19. The summed E-state index contributed by atoms with van der Waals surface area (Å²) in [5.74, 6) is 1.39. The van der Waals surface area contributed by atoms with E-state index in [2.05, 4.69) is 22.0 Å². The molecule has 118 valence electrons. The van der Waals surface area contributed by atoms with Crippen LogP contribution < -0.4 is 0 Å². The summed E-state index contributed by atoms with van der Waals surface area (Å²) in [4.78, 5) is 17.5. The van der Waals surface area contributed by atoms with Gasteiger partial charge in [0.25, 0.3) is 0 Å². The van der Waals surface area contributed by atoms with Crippen LogP contribution in [-0.2, 0) is 17.8 Å². The highest BCUT2D eigenvalue weighted by atomic mass is 16.5. The molecule has 2 rings (SSSR count). The molecule has 2 atom stereocenters. The number of nitrogens with zero attached hydrogens (tertiary/aromatic N) is 3. The number of aryl methyl sites for hydroxylation is 1. The van der Waals surface area contributed by atoms with Gasteiger partial charge in [0.2, 0.25) is 5.89 Å². The number of hydrogen-bond acceptors (Lipinski definition) is 5. The van der Waals surface area contributed by atoms with Crippen LogP contribution in [0.25, 0.3) is 0 Å². The van der Waals surface area contributed by atoms with Gasteiger partial charge < -0.3 is 9.63 Å². The minimum atomic E-state index is -0.708. The van der Waals surface area contributed by atoms with Crippen molar-refractivity contribution in [1.82, 2.24) is 15.0 Å². The second-order valence-electron chi connectivity index (χ2n) is 6.07. The van der Waals surface area contributed by atoms with Gasteiger partial charge in [0.15, 0.2) is 5.82 Å². The average molecular weight is 295 g/mol. The topological polar surface area (TPSA) is 79.5 Å². The van der Waals surface area contributed by atoms with Crippen LogP contribution in [-0.4, -0.2) is 39.2 Å². The van der Waals surface area contributed by atoms with E-state index in [1.807, 2.05) is 6.92 Å². The molecule has 6 nitrogen and oxygen atoms in total. The standard InChI is InChI=1S/C15H25N3O3/c1-3-5-13-16-14(21-17-13)10-18-7-4-6-12(9-18)11(2)8-15(19)20/h11-12H,3-10H2,1-2H3,(H,19,20). The quantitative estimate of drug-likeness (QED) is 0.831. The molecule has 1 saturated heterocycles. The van der Waals surface area contributed by atoms with E-state index in [-0.39, 0.29) is 12.3 Å². The molecule has 1 fully saturated rings. The first-order valence-electron chi connectivity index (χ1n) is 7.84. The van der Waals surface area contributed by atoms with Crippen LogP contribution in [0.15, 0.2) is 4.52 Å². The third kappa shape index (κ3) is 4.81. The molecular formula is C15H25N3O3. The molecule has 1 aliphatic heterocycles. The van der Waals surface area contributed by atoms with Crippen molar-refractivity contribution in [2.45, 2.75) is 52.5 Å². The number of piperidine rings is 1. The minimum Gasteiger partial charge on any atom is -0.481 e. The highest BCUT2D eigenvalue weighted by molar-refractivity contribution is 5.67. The van der Waals surface area contributed by atoms with Crippen molar-refractivity contribution in [3.05, 3.63) is 11.7 Å². The second kappa shape index (κ2) is 7.54. The number of carboxylic acids is 1. The Balaban J connectivity index is 1.86. The zero-order valence-electron chi connectivity index (χ0n) is 12.9. The Morgan fingerprint density at radius 3 is 3.10 bits per heavy atom. The van der Waals surface area contributed by atoms with E-state index in [1.165, 1.54) is 0 Å². The summed E-state index contributed by atoms with van der Waals surface area (Å²) >= 11 is 0. The van der Waals surface area contributed by atoms with Gasteiger partial charge in [0.1, 0.15) is 0 Å². The molecule has 0 aromatic carbocycles. The van der Waals surface area contributed by atoms with Gasteiger partial charge in [-0.05, 0) is 37.6 Å². The number of carboxylic acid groups (broad SMARTS) is 1. The molecule has 1 aromatic heterocycles. The van der Waals surface area contributed by atoms with Crippen LogP contribution >= 0.6 is 0 Å². The van der Waals surface area contributed by atoms with Crippen molar-refractivity contribution in [3.8, 4) is 0 Å². The molecule has 2 unspecified atom stereocenters. The Kier molecular flexibility index (Phi) is 5.73. The lowest BCUT2D eigenvalue weighted by Gasteiger charge is -2.34. The molecule has 21 heavy (non-hydrogen) atoms. The molecule has 1 N–H and O–H groups in total. The minimum absolute atomic E-state index is 0.212. The van der Waals surface area contributed by atoms with Gasteiger partial charge >= 0.3 is 5.97 Å². The molecule has 0 saturated carbocycles. The fraction of sp³-hybridized carbons (Fsp3) is 0.800. The molecule has 1 aliphatic rings. The first-order valence-corrected chi connectivity index (χ1v) is 7.84. The summed E-state index contributed by atoms with van der Waals surface area (Å²) in [6.45, 7) is 6.73. The van der Waals surface area contributed by atoms with Crippen molar-refractivity contribution in [3.63, 3.8) is 0 Å². The molecule has 0 bridgehead atoms. The maximum Gasteiger partial charge on any atom is 0.303 e. The maximum absolute atomic E-state index is 10.8. The normalized spacial score (nSPS) is 21.3. The van der Waals surface area contributed by atoms with Gasteiger partial charge in [-0.25, -0.2) is 0 Å². The summed E-state index contributed by atoms with van der Waals surface area (Å²) < 4.78 is 5.28. The van der Waals surface area contributed by atoms with Crippen molar-refractivity contribution >= 4 is 5.97 Å². The van der Waals surface area contributed by atoms with Gasteiger partial charge in [-0.2, -0.15) is 4.98 Å². The molecule has 0 aliphatic carbocycles. The lowest BCUT2D eigenvalue weighted by molar-refractivity contribution is -0.138. The summed E-state index contributed by atoms with van der Waals surface area (Å²) in [7, 11) is 0. The number of rotatable bonds is 7. The fourth-order valence-electron chi connectivity index (χ4n) is 3.01. The predicted molar refractivity (Wildman–Crippen MR) is 77.7 cm³/mol. The zero-order chi connectivity index (χ0) is 15.2. The van der Waals surface area contributed by atoms with Gasteiger partial charge in [0.05, 0.1) is 6.54 Å². The molecule has 2 heterocycles. The highest BCUT2D eigenvalue weighted by Crippen LogP contribution is 2.26. The number of hydrogen-bond donors (Lipinski definition) is 1. The second-order valence-corrected chi connectivity index (χ2v) is 6.07. The maximum atomic E-state index is 10.8.